The maximum atomic E-state index is 11.0. The number of rotatable bonds is 10. The topological polar surface area (TPSA) is 69.6 Å². The predicted molar refractivity (Wildman–Crippen MR) is 152 cm³/mol. The van der Waals surface area contributed by atoms with Gasteiger partial charge in [0.25, 0.3) is 0 Å². The maximum Gasteiger partial charge on any atom is 0.214 e. The van der Waals surface area contributed by atoms with Gasteiger partial charge < -0.3 is 9.47 Å². The molecule has 1 saturated carbocycles. The number of hydrogen-bond acceptors (Lipinski definition) is 5. The van der Waals surface area contributed by atoms with Crippen LogP contribution < -0.4 is 10.3 Å². The minimum Gasteiger partial charge on any atom is -0.341 e. The molecule has 1 aromatic carbocycles. The van der Waals surface area contributed by atoms with Gasteiger partial charge in [0, 0.05) is 61.3 Å². The van der Waals surface area contributed by atoms with Crippen LogP contribution in [-0.4, -0.2) is 61.6 Å². The molecule has 2 N–H and O–H groups in total. The van der Waals surface area contributed by atoms with Gasteiger partial charge in [0.1, 0.15) is 0 Å². The van der Waals surface area contributed by atoms with Crippen LogP contribution in [0.3, 0.4) is 0 Å². The second-order valence-electron chi connectivity index (χ2n) is 11.9. The number of nitrogens with one attached hydrogen (secondary N) is 2. The van der Waals surface area contributed by atoms with E-state index >= 15 is 0 Å². The number of aromatic nitrogens is 1. The Morgan fingerprint density at radius 3 is 2.30 bits per heavy atom. The molecule has 2 saturated heterocycles. The van der Waals surface area contributed by atoms with Gasteiger partial charge >= 0.3 is 0 Å². The van der Waals surface area contributed by atoms with Crippen LogP contribution in [0.5, 0.6) is 0 Å². The smallest absolute Gasteiger partial charge is 0.214 e. The monoisotopic (exact) mass is 529 g/mol. The van der Waals surface area contributed by atoms with Crippen molar-refractivity contribution >= 4 is 21.8 Å². The second-order valence-corrected chi connectivity index (χ2v) is 12.7. The zero-order valence-electron chi connectivity index (χ0n) is 22.8. The summed E-state index contributed by atoms with van der Waals surface area (Å²) in [7, 11) is -2.64. The first-order chi connectivity index (χ1) is 18.0. The lowest BCUT2D eigenvalue weighted by molar-refractivity contribution is 0.0889. The fourth-order valence-corrected chi connectivity index (χ4v) is 7.60. The van der Waals surface area contributed by atoms with Crippen LogP contribution in [0.1, 0.15) is 82.5 Å². The molecule has 206 valence electrons. The zero-order chi connectivity index (χ0) is 25.8. The van der Waals surface area contributed by atoms with Crippen LogP contribution in [0, 0.1) is 11.8 Å². The summed E-state index contributed by atoms with van der Waals surface area (Å²) >= 11 is 0. The van der Waals surface area contributed by atoms with Crippen LogP contribution in [0.15, 0.2) is 24.3 Å². The summed E-state index contributed by atoms with van der Waals surface area (Å²) in [6, 6.07) is 10.2. The van der Waals surface area contributed by atoms with E-state index in [1.807, 2.05) is 0 Å². The average molecular weight is 530 g/mol. The predicted octanol–water partition coefficient (Wildman–Crippen LogP) is 4.25. The van der Waals surface area contributed by atoms with Gasteiger partial charge in [0.05, 0.1) is 0 Å². The Kier molecular flexibility index (Phi) is 9.24. The maximum absolute atomic E-state index is 11.0. The third kappa shape index (κ3) is 6.41. The summed E-state index contributed by atoms with van der Waals surface area (Å²) in [6.07, 6.45) is 11.3. The molecule has 3 aliphatic rings. The highest BCUT2D eigenvalue weighted by molar-refractivity contribution is 7.70. The number of fused-ring (bicyclic) bond motifs is 1. The van der Waals surface area contributed by atoms with Crippen LogP contribution in [0.25, 0.3) is 10.9 Å². The summed E-state index contributed by atoms with van der Waals surface area (Å²) in [6.45, 7) is 11.1. The summed E-state index contributed by atoms with van der Waals surface area (Å²) < 4.78 is 24.7. The number of benzene rings is 1. The van der Waals surface area contributed by atoms with Gasteiger partial charge in [-0.1, -0.05) is 32.0 Å². The molecular formula is C29H47N5O2S. The lowest BCUT2D eigenvalue weighted by atomic mass is 9.79. The van der Waals surface area contributed by atoms with Crippen molar-refractivity contribution in [3.8, 4) is 0 Å². The zero-order valence-corrected chi connectivity index (χ0v) is 23.7. The summed E-state index contributed by atoms with van der Waals surface area (Å²) in [4.78, 5) is 7.75. The van der Waals surface area contributed by atoms with Gasteiger partial charge in [-0.15, -0.1) is 0 Å². The van der Waals surface area contributed by atoms with E-state index in [-0.39, 0.29) is 0 Å². The van der Waals surface area contributed by atoms with Gasteiger partial charge in [0.2, 0.25) is 10.9 Å². The first kappa shape index (κ1) is 27.1. The Morgan fingerprint density at radius 2 is 1.62 bits per heavy atom. The highest BCUT2D eigenvalue weighted by Gasteiger charge is 2.32. The van der Waals surface area contributed by atoms with Crippen LogP contribution in [0.2, 0.25) is 0 Å². The van der Waals surface area contributed by atoms with Gasteiger partial charge in [0.15, 0.2) is 0 Å². The molecule has 0 spiro atoms. The van der Waals surface area contributed by atoms with E-state index in [1.165, 1.54) is 99.7 Å². The van der Waals surface area contributed by atoms with Crippen LogP contribution >= 0.6 is 0 Å². The molecule has 1 aliphatic carbocycles. The molecule has 2 aromatic rings. The second kappa shape index (κ2) is 12.6. The number of para-hydroxylation sites is 1. The van der Waals surface area contributed by atoms with Crippen molar-refractivity contribution in [2.45, 2.75) is 90.3 Å². The Balaban J connectivity index is 1.35. The van der Waals surface area contributed by atoms with Gasteiger partial charge in [-0.3, -0.25) is 4.90 Å². The molecule has 8 heteroatoms. The summed E-state index contributed by atoms with van der Waals surface area (Å²) in [5.74, 6) is 1.74. The van der Waals surface area contributed by atoms with E-state index in [2.05, 4.69) is 62.7 Å². The fourth-order valence-electron chi connectivity index (χ4n) is 7.36. The van der Waals surface area contributed by atoms with Crippen molar-refractivity contribution in [2.75, 3.05) is 32.7 Å². The lowest BCUT2D eigenvalue weighted by Gasteiger charge is -2.42. The van der Waals surface area contributed by atoms with E-state index in [0.29, 0.717) is 12.6 Å². The van der Waals surface area contributed by atoms with Crippen molar-refractivity contribution in [3.63, 3.8) is 0 Å². The van der Waals surface area contributed by atoms with E-state index in [0.717, 1.165) is 30.8 Å². The number of likely N-dealkylation sites (tertiary alicyclic amines) is 2. The highest BCUT2D eigenvalue weighted by Crippen LogP contribution is 2.38. The molecule has 0 atom stereocenters. The molecule has 2 aliphatic heterocycles. The molecule has 0 amide bonds. The summed E-state index contributed by atoms with van der Waals surface area (Å²) in [5, 5.41) is 1.38. The van der Waals surface area contributed by atoms with Crippen molar-refractivity contribution in [1.82, 2.24) is 24.6 Å². The molecule has 1 aromatic heterocycles. The molecule has 0 radical (unpaired) electrons. The van der Waals surface area contributed by atoms with Gasteiger partial charge in [-0.05, 0) is 87.9 Å². The largest absolute Gasteiger partial charge is 0.341 e. The molecule has 3 heterocycles. The Morgan fingerprint density at radius 1 is 0.919 bits per heavy atom. The molecule has 3 fully saturated rings. The molecule has 5 rings (SSSR count). The van der Waals surface area contributed by atoms with Crippen molar-refractivity contribution in [2.24, 2.45) is 11.8 Å². The Bertz CT molecular complexity index is 1080. The number of nitrogens with zero attached hydrogens (tertiary/aromatic N) is 3. The first-order valence-electron chi connectivity index (χ1n) is 14.7. The number of piperidine rings is 1. The molecular weight excluding hydrogens is 482 g/mol. The minimum atomic E-state index is -2.64. The van der Waals surface area contributed by atoms with Gasteiger partial charge in [-0.2, -0.15) is 4.83 Å². The van der Waals surface area contributed by atoms with E-state index in [1.54, 1.807) is 0 Å². The molecule has 37 heavy (non-hydrogen) atoms. The Labute approximate surface area is 225 Å². The number of hydrazine groups is 1. The van der Waals surface area contributed by atoms with Crippen molar-refractivity contribution in [3.05, 3.63) is 35.5 Å². The van der Waals surface area contributed by atoms with E-state index < -0.39 is 10.9 Å². The average Bonchev–Trinajstić information content (AvgIpc) is 3.53. The quantitative estimate of drug-likeness (QED) is 0.244. The number of hydrogen-bond donors (Lipinski definition) is 3. The van der Waals surface area contributed by atoms with Crippen LogP contribution in [-0.2, 0) is 23.9 Å². The number of thiol groups is 1. The van der Waals surface area contributed by atoms with Crippen molar-refractivity contribution in [1.29, 1.82) is 0 Å². The van der Waals surface area contributed by atoms with Gasteiger partial charge in [-0.25, -0.2) is 13.8 Å². The van der Waals surface area contributed by atoms with Crippen molar-refractivity contribution < 1.29 is 8.42 Å². The van der Waals surface area contributed by atoms with E-state index in [9.17, 15) is 8.42 Å². The molecule has 7 nitrogen and oxygen atoms in total. The summed E-state index contributed by atoms with van der Waals surface area (Å²) in [5.41, 5.74) is 7.09. The van der Waals surface area contributed by atoms with E-state index in [4.69, 9.17) is 0 Å². The third-order valence-electron chi connectivity index (χ3n) is 9.43. The lowest BCUT2D eigenvalue weighted by Crippen LogP contribution is -2.44. The normalized spacial score (nSPS) is 24.6. The SMILES string of the molecule is CC(C)[C@H]1CC[C@@H](N2CCC(n3c(CCNN[SH](=O)=O)c(CN4CCCC4)c4ccccc43)CC2)CC1. The van der Waals surface area contributed by atoms with Crippen LogP contribution in [0.4, 0.5) is 0 Å². The molecule has 0 unspecified atom stereocenters. The third-order valence-corrected chi connectivity index (χ3v) is 9.77. The molecule has 0 bridgehead atoms. The first-order valence-corrected chi connectivity index (χ1v) is 15.9. The highest BCUT2D eigenvalue weighted by atomic mass is 32.2. The fraction of sp³-hybridized carbons (Fsp3) is 0.724. The standard InChI is InChI=1S/C29H47N5O2S/c1-22(2)23-9-11-24(12-10-23)33-19-14-25(15-20-33)34-28-8-4-3-7-26(28)27(21-32-17-5-6-18-32)29(34)13-16-30-31-37(35)36/h3-4,7-8,22-25,30,37H,5-6,9-21H2,1-2H3,(H,31,35,36)/t23-,24+. The minimum absolute atomic E-state index is 0.500. The Hall–Kier alpha value is -1.45.